The van der Waals surface area contributed by atoms with E-state index < -0.39 is 12.1 Å². The predicted molar refractivity (Wildman–Crippen MR) is 66.4 cm³/mol. The van der Waals surface area contributed by atoms with E-state index in [1.165, 1.54) is 23.3 Å². The Balaban J connectivity index is 0.000000322. The van der Waals surface area contributed by atoms with Crippen LogP contribution in [-0.2, 0) is 20.9 Å². The van der Waals surface area contributed by atoms with Crippen LogP contribution < -0.4 is 9.79 Å². The number of aliphatic carboxylic acids is 1. The molecule has 12 heteroatoms. The van der Waals surface area contributed by atoms with Crippen LogP contribution in [0.25, 0.3) is 10.7 Å². The molecule has 2 heterocycles. The summed E-state index contributed by atoms with van der Waals surface area (Å²) in [6.07, 6.45) is -0.156. The van der Waals surface area contributed by atoms with Crippen molar-refractivity contribution in [2.24, 2.45) is 0 Å². The van der Waals surface area contributed by atoms with Gasteiger partial charge >= 0.3 is 12.1 Å². The van der Waals surface area contributed by atoms with Crippen LogP contribution >= 0.6 is 11.5 Å². The average Bonchev–Trinajstić information content (AvgIpc) is 2.96. The molecular formula is C11H9F3N4O4S. The first-order valence-electron chi connectivity index (χ1n) is 5.73. The summed E-state index contributed by atoms with van der Waals surface area (Å²) in [6.45, 7) is 0.0971. The van der Waals surface area contributed by atoms with Crippen molar-refractivity contribution >= 4 is 23.5 Å². The van der Waals surface area contributed by atoms with Crippen molar-refractivity contribution in [3.63, 3.8) is 0 Å². The highest BCUT2D eigenvalue weighted by Crippen LogP contribution is 2.14. The Morgan fingerprint density at radius 1 is 1.35 bits per heavy atom. The number of carbonyl (C=O) groups is 2. The molecule has 124 valence electrons. The Morgan fingerprint density at radius 2 is 1.91 bits per heavy atom. The molecule has 0 aliphatic rings. The van der Waals surface area contributed by atoms with Crippen molar-refractivity contribution in [2.75, 3.05) is 7.11 Å². The smallest absolute Gasteiger partial charge is 0.430 e. The third-order valence-corrected chi connectivity index (χ3v) is 2.82. The zero-order valence-corrected chi connectivity index (χ0v) is 12.3. The normalized spacial score (nSPS) is 10.4. The van der Waals surface area contributed by atoms with E-state index in [0.717, 1.165) is 4.88 Å². The number of esters is 1. The van der Waals surface area contributed by atoms with Gasteiger partial charge in [-0.25, -0.2) is 14.8 Å². The maximum absolute atomic E-state index is 11.0. The molecule has 0 fully saturated rings. The van der Waals surface area contributed by atoms with Crippen molar-refractivity contribution < 1.29 is 37.3 Å². The topological polar surface area (TPSA) is 109 Å². The quantitative estimate of drug-likeness (QED) is 0.535. The van der Waals surface area contributed by atoms with Crippen molar-refractivity contribution in [2.45, 2.75) is 12.7 Å². The summed E-state index contributed by atoms with van der Waals surface area (Å²) in [4.78, 5) is 28.8. The molecule has 0 unspecified atom stereocenters. The first-order valence-corrected chi connectivity index (χ1v) is 6.50. The van der Waals surface area contributed by atoms with E-state index in [1.54, 1.807) is 24.7 Å². The summed E-state index contributed by atoms with van der Waals surface area (Å²) in [5.41, 5.74) is 0. The molecule has 0 amide bonds. The number of ether oxygens (including phenoxy) is 1. The van der Waals surface area contributed by atoms with Gasteiger partial charge in [0.05, 0.1) is 11.6 Å². The summed E-state index contributed by atoms with van der Waals surface area (Å²) >= 11 is 1.24. The van der Waals surface area contributed by atoms with E-state index in [9.17, 15) is 18.0 Å². The highest BCUT2D eigenvalue weighted by Gasteiger charge is 2.28. The minimum Gasteiger partial charge on any atom is -0.542 e. The van der Waals surface area contributed by atoms with E-state index in [-0.39, 0.29) is 12.5 Å². The summed E-state index contributed by atoms with van der Waals surface area (Å²) in [7, 11) is 1.34. The third-order valence-electron chi connectivity index (χ3n) is 2.05. The molecule has 8 nitrogen and oxygen atoms in total. The largest absolute Gasteiger partial charge is 0.542 e. The van der Waals surface area contributed by atoms with Gasteiger partial charge in [-0.3, -0.25) is 0 Å². The van der Waals surface area contributed by atoms with Gasteiger partial charge in [-0.1, -0.05) is 4.68 Å². The number of rotatable bonds is 3. The molecule has 2 aromatic rings. The van der Waals surface area contributed by atoms with Crippen molar-refractivity contribution in [3.8, 4) is 10.7 Å². The SMILES string of the molecule is COC(=O)C[n+]1cc(-c2ncccn2)sn1.O=C([O-])C(F)(F)F. The number of carboxylic acids is 1. The van der Waals surface area contributed by atoms with Crippen molar-refractivity contribution in [1.29, 1.82) is 0 Å². The molecule has 0 radical (unpaired) electrons. The summed E-state index contributed by atoms with van der Waals surface area (Å²) < 4.78 is 41.7. The molecule has 23 heavy (non-hydrogen) atoms. The van der Waals surface area contributed by atoms with Gasteiger partial charge in [0.1, 0.15) is 5.97 Å². The Bertz CT molecular complexity index is 663. The second kappa shape index (κ2) is 8.12. The van der Waals surface area contributed by atoms with Gasteiger partial charge in [-0.2, -0.15) is 13.2 Å². The van der Waals surface area contributed by atoms with Crippen LogP contribution in [0.3, 0.4) is 0 Å². The fraction of sp³-hybridized carbons (Fsp3) is 0.273. The van der Waals surface area contributed by atoms with E-state index in [4.69, 9.17) is 9.90 Å². The van der Waals surface area contributed by atoms with Gasteiger partial charge in [0.25, 0.3) is 6.54 Å². The van der Waals surface area contributed by atoms with Gasteiger partial charge in [0, 0.05) is 23.9 Å². The number of hydrogen-bond acceptors (Lipinski definition) is 8. The number of aromatic nitrogens is 4. The maximum atomic E-state index is 11.0. The first kappa shape index (κ1) is 18.4. The fourth-order valence-electron chi connectivity index (χ4n) is 1.08. The zero-order chi connectivity index (χ0) is 17.5. The van der Waals surface area contributed by atoms with Crippen molar-refractivity contribution in [3.05, 3.63) is 24.7 Å². The van der Waals surface area contributed by atoms with Crippen LogP contribution in [0.5, 0.6) is 0 Å². The van der Waals surface area contributed by atoms with E-state index in [0.29, 0.717) is 5.82 Å². The zero-order valence-electron chi connectivity index (χ0n) is 11.5. The highest BCUT2D eigenvalue weighted by molar-refractivity contribution is 7.08. The summed E-state index contributed by atoms with van der Waals surface area (Å²) in [5, 5.41) is 8.78. The van der Waals surface area contributed by atoms with Crippen LogP contribution in [0.2, 0.25) is 0 Å². The van der Waals surface area contributed by atoms with Gasteiger partial charge < -0.3 is 14.6 Å². The van der Waals surface area contributed by atoms with Gasteiger partial charge in [-0.15, -0.1) is 0 Å². The molecule has 0 aromatic carbocycles. The lowest BCUT2D eigenvalue weighted by Crippen LogP contribution is -2.39. The van der Waals surface area contributed by atoms with Crippen LogP contribution in [0, 0.1) is 0 Å². The molecule has 0 spiro atoms. The highest BCUT2D eigenvalue weighted by atomic mass is 32.1. The number of halogens is 3. The molecule has 0 bridgehead atoms. The van der Waals surface area contributed by atoms with Crippen LogP contribution in [0.4, 0.5) is 13.2 Å². The van der Waals surface area contributed by atoms with Crippen LogP contribution in [0.1, 0.15) is 0 Å². The molecule has 0 N–H and O–H groups in total. The molecular weight excluding hydrogens is 341 g/mol. The number of hydrogen-bond donors (Lipinski definition) is 0. The minimum absolute atomic E-state index is 0.0971. The van der Waals surface area contributed by atoms with Crippen LogP contribution in [-0.4, -0.2) is 39.7 Å². The molecule has 2 aromatic heterocycles. The number of nitrogens with zero attached hydrogens (tertiary/aromatic N) is 4. The number of methoxy groups -OCH3 is 1. The first-order chi connectivity index (χ1) is 10.7. The number of carboxylic acid groups (broad SMARTS) is 1. The Hall–Kier alpha value is -2.63. The van der Waals surface area contributed by atoms with Crippen molar-refractivity contribution in [1.82, 2.24) is 14.5 Å². The lowest BCUT2D eigenvalue weighted by Gasteiger charge is -2.03. The predicted octanol–water partition coefficient (Wildman–Crippen LogP) is -0.641. The molecule has 0 aliphatic carbocycles. The average molecular weight is 350 g/mol. The number of carbonyl (C=O) groups excluding carboxylic acids is 2. The van der Waals surface area contributed by atoms with E-state index in [2.05, 4.69) is 19.2 Å². The van der Waals surface area contributed by atoms with E-state index >= 15 is 0 Å². The standard InChI is InChI=1S/C9H9N4O2S.C2HF3O2/c1-15-8(14)6-13-5-7(16-12-13)9-10-3-2-4-11-9;3-2(4,5)1(6)7/h2-5H,6H2,1H3;(H,6,7)/q+1;/p-1. The van der Waals surface area contributed by atoms with E-state index in [1.807, 2.05) is 0 Å². The molecule has 0 saturated heterocycles. The lowest BCUT2D eigenvalue weighted by molar-refractivity contribution is -0.735. The van der Waals surface area contributed by atoms with Gasteiger partial charge in [0.2, 0.25) is 6.20 Å². The second-order valence-electron chi connectivity index (χ2n) is 3.70. The second-order valence-corrected chi connectivity index (χ2v) is 4.48. The summed E-state index contributed by atoms with van der Waals surface area (Å²) in [5.74, 6) is -2.74. The number of alkyl halides is 3. The third kappa shape index (κ3) is 6.34. The molecule has 2 rings (SSSR count). The maximum Gasteiger partial charge on any atom is 0.430 e. The van der Waals surface area contributed by atoms with Gasteiger partial charge in [0.15, 0.2) is 10.7 Å². The Morgan fingerprint density at radius 3 is 2.39 bits per heavy atom. The lowest BCUT2D eigenvalue weighted by atomic mass is 10.5. The molecule has 0 atom stereocenters. The Labute approximate surface area is 131 Å². The van der Waals surface area contributed by atoms with Crippen LogP contribution in [0.15, 0.2) is 24.7 Å². The molecule has 0 aliphatic heterocycles. The minimum atomic E-state index is -5.19. The monoisotopic (exact) mass is 350 g/mol. The summed E-state index contributed by atoms with van der Waals surface area (Å²) in [6, 6.07) is 1.74. The van der Waals surface area contributed by atoms with Gasteiger partial charge in [-0.05, 0) is 6.07 Å². The fourth-order valence-corrected chi connectivity index (χ4v) is 1.73. The Kier molecular flexibility index (Phi) is 6.50. The molecule has 0 saturated carbocycles.